The van der Waals surface area contributed by atoms with Gasteiger partial charge in [0.15, 0.2) is 0 Å². The first kappa shape index (κ1) is 23.4. The summed E-state index contributed by atoms with van der Waals surface area (Å²) in [6.07, 6.45) is 6.99. The molecular weight excluding hydrogens is 400 g/mol. The fourth-order valence-electron chi connectivity index (χ4n) is 7.04. The van der Waals surface area contributed by atoms with E-state index >= 15 is 0 Å². The van der Waals surface area contributed by atoms with E-state index < -0.39 is 42.9 Å². The van der Waals surface area contributed by atoms with Crippen molar-refractivity contribution in [3.8, 4) is 0 Å². The molecule has 5 aliphatic rings. The molecule has 1 heterocycles. The van der Waals surface area contributed by atoms with E-state index in [1.807, 2.05) is 0 Å². The Bertz CT molecular complexity index is 580. The molecule has 6 N–H and O–H groups in total. The number of amides is 1. The van der Waals surface area contributed by atoms with Crippen molar-refractivity contribution in [2.24, 2.45) is 23.2 Å². The lowest BCUT2D eigenvalue weighted by molar-refractivity contribution is -0.145. The number of nitrogens with one attached hydrogen (secondary N) is 2. The molecule has 4 aliphatic carbocycles. The molecule has 1 saturated heterocycles. The number of hydrogen-bond donors (Lipinski definition) is 6. The summed E-state index contributed by atoms with van der Waals surface area (Å²) >= 11 is 0. The minimum atomic E-state index is -1.47. The highest BCUT2D eigenvalue weighted by Crippen LogP contribution is 2.60. The van der Waals surface area contributed by atoms with Crippen LogP contribution >= 0.6 is 0 Å². The topological polar surface area (TPSA) is 131 Å². The predicted octanol–water partition coefficient (Wildman–Crippen LogP) is -0.0787. The Morgan fingerprint density at radius 3 is 2.19 bits per heavy atom. The van der Waals surface area contributed by atoms with Crippen LogP contribution in [0.5, 0.6) is 0 Å². The third-order valence-corrected chi connectivity index (χ3v) is 8.16. The van der Waals surface area contributed by atoms with Gasteiger partial charge in [0.05, 0.1) is 19.3 Å². The smallest absolute Gasteiger partial charge is 0.239 e. The maximum atomic E-state index is 12.3. The van der Waals surface area contributed by atoms with Crippen LogP contribution in [0.15, 0.2) is 0 Å². The van der Waals surface area contributed by atoms with Crippen molar-refractivity contribution in [1.29, 1.82) is 0 Å². The monoisotopic (exact) mass is 440 g/mol. The molecule has 1 aliphatic heterocycles. The number of carbonyl (C=O) groups excluding carboxylic acids is 1. The second-order valence-electron chi connectivity index (χ2n) is 10.7. The maximum Gasteiger partial charge on any atom is 0.239 e. The Kier molecular flexibility index (Phi) is 7.56. The lowest BCUT2D eigenvalue weighted by Gasteiger charge is -2.56. The Morgan fingerprint density at radius 2 is 1.58 bits per heavy atom. The van der Waals surface area contributed by atoms with E-state index in [-0.39, 0.29) is 0 Å². The molecule has 8 heteroatoms. The number of unbranched alkanes of at least 4 members (excludes halogenated alkanes) is 2. The fraction of sp³-hybridized carbons (Fsp3) is 0.957. The van der Waals surface area contributed by atoms with Crippen LogP contribution in [0.2, 0.25) is 0 Å². The molecule has 4 bridgehead atoms. The van der Waals surface area contributed by atoms with E-state index in [2.05, 4.69) is 10.6 Å². The fourth-order valence-corrected chi connectivity index (χ4v) is 7.04. The Morgan fingerprint density at radius 1 is 0.935 bits per heavy atom. The molecule has 5 rings (SSSR count). The molecule has 0 radical (unpaired) electrons. The summed E-state index contributed by atoms with van der Waals surface area (Å²) in [4.78, 5) is 12.3. The highest BCUT2D eigenvalue weighted by molar-refractivity contribution is 5.82. The first-order valence-electron chi connectivity index (χ1n) is 12.2. The lowest BCUT2D eigenvalue weighted by atomic mass is 9.50. The largest absolute Gasteiger partial charge is 0.395 e. The summed E-state index contributed by atoms with van der Waals surface area (Å²) in [6.45, 7) is 1.72. The summed E-state index contributed by atoms with van der Waals surface area (Å²) < 4.78 is 6.10. The predicted molar refractivity (Wildman–Crippen MR) is 114 cm³/mol. The van der Waals surface area contributed by atoms with Gasteiger partial charge in [0, 0.05) is 13.2 Å². The van der Waals surface area contributed by atoms with Crippen LogP contribution in [-0.4, -0.2) is 83.1 Å². The van der Waals surface area contributed by atoms with Crippen LogP contribution < -0.4 is 10.6 Å². The molecule has 1 amide bonds. The molecule has 5 fully saturated rings. The van der Waals surface area contributed by atoms with Gasteiger partial charge in [-0.05, 0) is 81.0 Å². The van der Waals surface area contributed by atoms with Crippen molar-refractivity contribution in [3.05, 3.63) is 0 Å². The first-order chi connectivity index (χ1) is 14.9. The van der Waals surface area contributed by atoms with Gasteiger partial charge < -0.3 is 30.5 Å². The Hall–Kier alpha value is -0.770. The van der Waals surface area contributed by atoms with Gasteiger partial charge in [0.2, 0.25) is 5.91 Å². The molecule has 0 aromatic heterocycles. The van der Waals surface area contributed by atoms with Gasteiger partial charge in [-0.3, -0.25) is 10.1 Å². The van der Waals surface area contributed by atoms with Gasteiger partial charge >= 0.3 is 0 Å². The quantitative estimate of drug-likeness (QED) is 0.262. The summed E-state index contributed by atoms with van der Waals surface area (Å²) in [6, 6.07) is -1.90. The molecular formula is C23H40N2O6. The minimum absolute atomic E-state index is 0.433. The summed E-state index contributed by atoms with van der Waals surface area (Å²) in [7, 11) is 0. The van der Waals surface area contributed by atoms with Crippen LogP contribution in [0.1, 0.15) is 57.8 Å². The minimum Gasteiger partial charge on any atom is -0.395 e. The van der Waals surface area contributed by atoms with Crippen molar-refractivity contribution in [1.82, 2.24) is 10.6 Å². The number of aliphatic hydroxyl groups excluding tert-OH is 4. The average molecular weight is 441 g/mol. The van der Waals surface area contributed by atoms with Crippen molar-refractivity contribution >= 4 is 5.91 Å². The zero-order valence-electron chi connectivity index (χ0n) is 18.4. The van der Waals surface area contributed by atoms with Crippen molar-refractivity contribution in [2.45, 2.75) is 88.2 Å². The van der Waals surface area contributed by atoms with Crippen molar-refractivity contribution in [2.75, 3.05) is 26.4 Å². The molecule has 178 valence electrons. The van der Waals surface area contributed by atoms with Gasteiger partial charge in [0.1, 0.15) is 24.4 Å². The molecule has 31 heavy (non-hydrogen) atoms. The summed E-state index contributed by atoms with van der Waals surface area (Å²) in [5.41, 5.74) is 0.459. The van der Waals surface area contributed by atoms with Crippen LogP contribution in [0, 0.1) is 23.2 Å². The Labute approximate surface area is 184 Å². The molecule has 0 spiro atoms. The third kappa shape index (κ3) is 5.25. The normalized spacial score (nSPS) is 43.9. The average Bonchev–Trinajstić information content (AvgIpc) is 2.73. The van der Waals surface area contributed by atoms with E-state index in [0.29, 0.717) is 12.0 Å². The van der Waals surface area contributed by atoms with Crippen LogP contribution in [0.3, 0.4) is 0 Å². The molecule has 8 nitrogen and oxygen atoms in total. The van der Waals surface area contributed by atoms with E-state index in [4.69, 9.17) is 4.74 Å². The third-order valence-electron chi connectivity index (χ3n) is 8.16. The zero-order valence-corrected chi connectivity index (χ0v) is 18.4. The van der Waals surface area contributed by atoms with Gasteiger partial charge in [-0.1, -0.05) is 0 Å². The standard InChI is InChI=1S/C23H40N2O6/c26-12-17-19(27)21(29)20(28)18(25-17)22(30)24-4-2-1-3-5-31-13-23-9-14-6-15(10-23)8-16(7-14)11-23/h14-21,25-29H,1-13H2,(H,24,30)/t14?,15?,16?,17-,18+,19+,20-,21-,23?/m0/s1. The van der Waals surface area contributed by atoms with Crippen molar-refractivity contribution in [3.63, 3.8) is 0 Å². The van der Waals surface area contributed by atoms with Crippen LogP contribution in [0.25, 0.3) is 0 Å². The summed E-state index contributed by atoms with van der Waals surface area (Å²) in [5, 5.41) is 44.5. The van der Waals surface area contributed by atoms with E-state index in [0.717, 1.165) is 50.2 Å². The number of ether oxygens (including phenoxy) is 1. The number of carbonyl (C=O) groups is 1. The summed E-state index contributed by atoms with van der Waals surface area (Å²) in [5.74, 6) is 2.42. The van der Waals surface area contributed by atoms with Crippen LogP contribution in [0.4, 0.5) is 0 Å². The van der Waals surface area contributed by atoms with Crippen molar-refractivity contribution < 1.29 is 30.0 Å². The second kappa shape index (κ2) is 10.0. The number of rotatable bonds is 10. The Balaban J connectivity index is 1.08. The zero-order chi connectivity index (χ0) is 22.0. The molecule has 0 unspecified atom stereocenters. The molecule has 4 saturated carbocycles. The number of aliphatic hydroxyl groups is 4. The highest BCUT2D eigenvalue weighted by Gasteiger charge is 2.51. The number of piperidine rings is 1. The second-order valence-corrected chi connectivity index (χ2v) is 10.7. The molecule has 5 atom stereocenters. The molecule has 0 aromatic carbocycles. The first-order valence-corrected chi connectivity index (χ1v) is 12.2. The number of hydrogen-bond acceptors (Lipinski definition) is 7. The van der Waals surface area contributed by atoms with E-state index in [1.54, 1.807) is 0 Å². The van der Waals surface area contributed by atoms with Gasteiger partial charge in [-0.2, -0.15) is 0 Å². The lowest BCUT2D eigenvalue weighted by Crippen LogP contribution is -2.69. The van der Waals surface area contributed by atoms with E-state index in [1.165, 1.54) is 38.5 Å². The SMILES string of the molecule is O=C(NCCCCCOCC12CC3CC(CC(C3)C1)C2)[C@@H]1N[C@@H](CO)[C@@H](O)[C@H](O)[C@H]1O. The van der Waals surface area contributed by atoms with E-state index in [9.17, 15) is 25.2 Å². The van der Waals surface area contributed by atoms with Gasteiger partial charge in [0.25, 0.3) is 0 Å². The maximum absolute atomic E-state index is 12.3. The van der Waals surface area contributed by atoms with Gasteiger partial charge in [-0.15, -0.1) is 0 Å². The van der Waals surface area contributed by atoms with Gasteiger partial charge in [-0.25, -0.2) is 0 Å². The molecule has 0 aromatic rings. The highest BCUT2D eigenvalue weighted by atomic mass is 16.5. The van der Waals surface area contributed by atoms with Crippen LogP contribution in [-0.2, 0) is 9.53 Å².